The molecular formula is C11H24N2O6S. The van der Waals surface area contributed by atoms with Crippen molar-refractivity contribution in [2.45, 2.75) is 19.9 Å². The molecule has 0 heterocycles. The molecule has 9 heteroatoms. The third kappa shape index (κ3) is 6.62. The molecule has 0 amide bonds. The summed E-state index contributed by atoms with van der Waals surface area (Å²) in [6, 6.07) is -1.17. The number of carboxylic acids is 1. The standard InChI is InChI=1S/C11H24N2O6S/c1-9(2)10(11(14)15)12-20(16,17)13(5-7-18-3)6-8-19-4/h9-10,12H,5-8H2,1-4H3,(H,14,15)/t10-/m1/s1. The number of carbonyl (C=O) groups is 1. The van der Waals surface area contributed by atoms with Gasteiger partial charge in [-0.15, -0.1) is 0 Å². The summed E-state index contributed by atoms with van der Waals surface area (Å²) in [5.41, 5.74) is 0. The molecule has 0 fully saturated rings. The summed E-state index contributed by atoms with van der Waals surface area (Å²) < 4.78 is 37.4. The van der Waals surface area contributed by atoms with E-state index >= 15 is 0 Å². The van der Waals surface area contributed by atoms with E-state index in [1.807, 2.05) is 0 Å². The van der Waals surface area contributed by atoms with Gasteiger partial charge >= 0.3 is 5.97 Å². The molecule has 20 heavy (non-hydrogen) atoms. The Labute approximate surface area is 120 Å². The number of methoxy groups -OCH3 is 2. The number of nitrogens with zero attached hydrogens (tertiary/aromatic N) is 1. The second-order valence-corrected chi connectivity index (χ2v) is 6.27. The van der Waals surface area contributed by atoms with Gasteiger partial charge in [0.25, 0.3) is 10.2 Å². The average Bonchev–Trinajstić information content (AvgIpc) is 2.35. The van der Waals surface area contributed by atoms with Gasteiger partial charge in [-0.2, -0.15) is 17.4 Å². The van der Waals surface area contributed by atoms with Crippen molar-refractivity contribution < 1.29 is 27.8 Å². The van der Waals surface area contributed by atoms with Gasteiger partial charge < -0.3 is 14.6 Å². The summed E-state index contributed by atoms with van der Waals surface area (Å²) in [6.07, 6.45) is 0. The number of carboxylic acid groups (broad SMARTS) is 1. The molecule has 0 saturated carbocycles. The Kier molecular flexibility index (Phi) is 8.90. The summed E-state index contributed by atoms with van der Waals surface area (Å²) in [6.45, 7) is 3.94. The molecule has 2 N–H and O–H groups in total. The van der Waals surface area contributed by atoms with Gasteiger partial charge in [-0.25, -0.2) is 0 Å². The van der Waals surface area contributed by atoms with Crippen LogP contribution in [-0.4, -0.2) is 70.4 Å². The van der Waals surface area contributed by atoms with E-state index in [4.69, 9.17) is 14.6 Å². The van der Waals surface area contributed by atoms with Gasteiger partial charge in [0.15, 0.2) is 0 Å². The summed E-state index contributed by atoms with van der Waals surface area (Å²) in [5, 5.41) is 9.05. The van der Waals surface area contributed by atoms with Crippen LogP contribution in [-0.2, 0) is 24.5 Å². The zero-order valence-corrected chi connectivity index (χ0v) is 13.1. The summed E-state index contributed by atoms with van der Waals surface area (Å²) in [7, 11) is -0.992. The normalized spacial score (nSPS) is 13.9. The van der Waals surface area contributed by atoms with E-state index in [0.717, 1.165) is 4.31 Å². The Morgan fingerprint density at radius 1 is 1.20 bits per heavy atom. The molecule has 0 unspecified atom stereocenters. The summed E-state index contributed by atoms with van der Waals surface area (Å²) >= 11 is 0. The van der Waals surface area contributed by atoms with Crippen LogP contribution in [0.2, 0.25) is 0 Å². The largest absolute Gasteiger partial charge is 0.480 e. The van der Waals surface area contributed by atoms with Gasteiger partial charge in [-0.3, -0.25) is 4.79 Å². The van der Waals surface area contributed by atoms with E-state index in [1.54, 1.807) is 13.8 Å². The molecule has 0 rings (SSSR count). The van der Waals surface area contributed by atoms with E-state index in [0.29, 0.717) is 0 Å². The van der Waals surface area contributed by atoms with E-state index < -0.39 is 22.2 Å². The quantitative estimate of drug-likeness (QED) is 0.534. The highest BCUT2D eigenvalue weighted by Crippen LogP contribution is 2.07. The molecule has 0 aliphatic heterocycles. The summed E-state index contributed by atoms with van der Waals surface area (Å²) in [5.74, 6) is -1.57. The van der Waals surface area contributed by atoms with E-state index in [2.05, 4.69) is 4.72 Å². The highest BCUT2D eigenvalue weighted by atomic mass is 32.2. The monoisotopic (exact) mass is 312 g/mol. The zero-order valence-electron chi connectivity index (χ0n) is 12.3. The van der Waals surface area contributed by atoms with Crippen LogP contribution < -0.4 is 4.72 Å². The van der Waals surface area contributed by atoms with E-state index in [9.17, 15) is 13.2 Å². The lowest BCUT2D eigenvalue weighted by molar-refractivity contribution is -0.140. The Morgan fingerprint density at radius 2 is 1.65 bits per heavy atom. The Balaban J connectivity index is 4.94. The number of rotatable bonds is 11. The predicted octanol–water partition coefficient (Wildman–Crippen LogP) is -0.475. The van der Waals surface area contributed by atoms with Gasteiger partial charge in [-0.1, -0.05) is 13.8 Å². The maximum Gasteiger partial charge on any atom is 0.322 e. The van der Waals surface area contributed by atoms with Crippen LogP contribution in [0.15, 0.2) is 0 Å². The van der Waals surface area contributed by atoms with Crippen molar-refractivity contribution in [2.75, 3.05) is 40.5 Å². The minimum absolute atomic E-state index is 0.125. The molecular weight excluding hydrogens is 288 g/mol. The first-order valence-electron chi connectivity index (χ1n) is 6.24. The van der Waals surface area contributed by atoms with Crippen molar-refractivity contribution in [2.24, 2.45) is 5.92 Å². The fraction of sp³-hybridized carbons (Fsp3) is 0.909. The predicted molar refractivity (Wildman–Crippen MR) is 73.6 cm³/mol. The molecule has 1 atom stereocenters. The van der Waals surface area contributed by atoms with Crippen LogP contribution in [0.4, 0.5) is 0 Å². The minimum Gasteiger partial charge on any atom is -0.480 e. The molecule has 0 aromatic heterocycles. The number of hydrogen-bond acceptors (Lipinski definition) is 5. The van der Waals surface area contributed by atoms with Crippen LogP contribution >= 0.6 is 0 Å². The molecule has 0 spiro atoms. The minimum atomic E-state index is -3.91. The first kappa shape index (κ1) is 19.3. The second-order valence-electron chi connectivity index (χ2n) is 4.57. The molecule has 0 radical (unpaired) electrons. The van der Waals surface area contributed by atoms with Gasteiger partial charge in [0, 0.05) is 27.3 Å². The van der Waals surface area contributed by atoms with Gasteiger partial charge in [0.1, 0.15) is 6.04 Å². The second kappa shape index (κ2) is 9.24. The lowest BCUT2D eigenvalue weighted by Gasteiger charge is -2.25. The first-order valence-corrected chi connectivity index (χ1v) is 7.68. The molecule has 0 aromatic carbocycles. The van der Waals surface area contributed by atoms with Crippen LogP contribution in [0.5, 0.6) is 0 Å². The Bertz CT molecular complexity index is 376. The van der Waals surface area contributed by atoms with Crippen LogP contribution in [0.25, 0.3) is 0 Å². The third-order valence-corrected chi connectivity index (χ3v) is 4.23. The molecule has 8 nitrogen and oxygen atoms in total. The molecule has 0 saturated heterocycles. The number of ether oxygens (including phenoxy) is 2. The highest BCUT2D eigenvalue weighted by molar-refractivity contribution is 7.87. The molecule has 0 aliphatic rings. The summed E-state index contributed by atoms with van der Waals surface area (Å²) in [4.78, 5) is 11.1. The number of aliphatic carboxylic acids is 1. The van der Waals surface area contributed by atoms with Crippen LogP contribution in [0, 0.1) is 5.92 Å². The van der Waals surface area contributed by atoms with Crippen molar-refractivity contribution in [3.8, 4) is 0 Å². The molecule has 0 aromatic rings. The number of hydrogen-bond donors (Lipinski definition) is 2. The topological polar surface area (TPSA) is 105 Å². The lowest BCUT2D eigenvalue weighted by atomic mass is 10.1. The smallest absolute Gasteiger partial charge is 0.322 e. The van der Waals surface area contributed by atoms with Crippen molar-refractivity contribution in [3.05, 3.63) is 0 Å². The first-order chi connectivity index (χ1) is 9.26. The van der Waals surface area contributed by atoms with E-state index in [1.165, 1.54) is 14.2 Å². The van der Waals surface area contributed by atoms with Gasteiger partial charge in [0.05, 0.1) is 13.2 Å². The van der Waals surface area contributed by atoms with Crippen molar-refractivity contribution in [3.63, 3.8) is 0 Å². The Morgan fingerprint density at radius 3 is 1.95 bits per heavy atom. The number of nitrogens with one attached hydrogen (secondary N) is 1. The SMILES string of the molecule is COCCN(CCOC)S(=O)(=O)N[C@@H](C(=O)O)C(C)C. The fourth-order valence-corrected chi connectivity index (χ4v) is 2.92. The van der Waals surface area contributed by atoms with Crippen LogP contribution in [0.3, 0.4) is 0 Å². The fourth-order valence-electron chi connectivity index (χ4n) is 1.45. The van der Waals surface area contributed by atoms with Crippen molar-refractivity contribution >= 4 is 16.2 Å². The van der Waals surface area contributed by atoms with Gasteiger partial charge in [0.2, 0.25) is 0 Å². The molecule has 120 valence electrons. The molecule has 0 bridgehead atoms. The van der Waals surface area contributed by atoms with Crippen molar-refractivity contribution in [1.82, 2.24) is 9.03 Å². The van der Waals surface area contributed by atoms with Gasteiger partial charge in [-0.05, 0) is 5.92 Å². The van der Waals surface area contributed by atoms with Crippen LogP contribution in [0.1, 0.15) is 13.8 Å². The molecule has 0 aliphatic carbocycles. The lowest BCUT2D eigenvalue weighted by Crippen LogP contribution is -2.51. The zero-order chi connectivity index (χ0) is 15.8. The third-order valence-electron chi connectivity index (χ3n) is 2.64. The van der Waals surface area contributed by atoms with Crippen molar-refractivity contribution in [1.29, 1.82) is 0 Å². The average molecular weight is 312 g/mol. The highest BCUT2D eigenvalue weighted by Gasteiger charge is 2.30. The van der Waals surface area contributed by atoms with E-state index in [-0.39, 0.29) is 32.2 Å². The Hall–Kier alpha value is -0.740. The maximum atomic E-state index is 12.2. The maximum absolute atomic E-state index is 12.2.